The van der Waals surface area contributed by atoms with E-state index in [0.717, 1.165) is 24.9 Å². The van der Waals surface area contributed by atoms with Crippen LogP contribution in [0.4, 0.5) is 0 Å². The van der Waals surface area contributed by atoms with Crippen molar-refractivity contribution in [3.8, 4) is 0 Å². The van der Waals surface area contributed by atoms with E-state index in [1.54, 1.807) is 13.4 Å². The highest BCUT2D eigenvalue weighted by Crippen LogP contribution is 2.04. The zero-order chi connectivity index (χ0) is 15.2. The molecule has 7 heteroatoms. The van der Waals surface area contributed by atoms with Crippen LogP contribution in [0.5, 0.6) is 0 Å². The van der Waals surface area contributed by atoms with Crippen molar-refractivity contribution < 1.29 is 0 Å². The molecule has 0 aliphatic carbocycles. The fraction of sp³-hybridized carbons (Fsp3) is 0.500. The molecule has 0 fully saturated rings. The van der Waals surface area contributed by atoms with Crippen LogP contribution in [0, 0.1) is 0 Å². The van der Waals surface area contributed by atoms with Crippen LogP contribution >= 0.6 is 0 Å². The minimum Gasteiger partial charge on any atom is -0.353 e. The molecule has 0 saturated heterocycles. The maximum atomic E-state index is 4.32. The van der Waals surface area contributed by atoms with Crippen LogP contribution in [-0.4, -0.2) is 44.3 Å². The highest BCUT2D eigenvalue weighted by Gasteiger charge is 2.10. The number of hydrogen-bond acceptors (Lipinski definition) is 3. The molecule has 0 aliphatic heterocycles. The van der Waals surface area contributed by atoms with Gasteiger partial charge in [-0.25, -0.2) is 0 Å². The van der Waals surface area contributed by atoms with Gasteiger partial charge in [-0.15, -0.1) is 10.2 Å². The van der Waals surface area contributed by atoms with Crippen molar-refractivity contribution in [1.29, 1.82) is 0 Å². The molecule has 114 valence electrons. The SMILES string of the molecule is CCn1cnnc1CNC(=NC)N(C)Cc1cccn1C. The molecule has 2 heterocycles. The molecule has 0 radical (unpaired) electrons. The summed E-state index contributed by atoms with van der Waals surface area (Å²) >= 11 is 0. The number of rotatable bonds is 5. The average molecular weight is 289 g/mol. The fourth-order valence-corrected chi connectivity index (χ4v) is 2.20. The smallest absolute Gasteiger partial charge is 0.194 e. The molecule has 0 unspecified atom stereocenters. The quantitative estimate of drug-likeness (QED) is 0.654. The van der Waals surface area contributed by atoms with Crippen molar-refractivity contribution in [2.24, 2.45) is 12.0 Å². The van der Waals surface area contributed by atoms with Crippen LogP contribution in [0.2, 0.25) is 0 Å². The summed E-state index contributed by atoms with van der Waals surface area (Å²) in [7, 11) is 5.85. The molecule has 21 heavy (non-hydrogen) atoms. The Labute approximate surface area is 125 Å². The molecule has 2 aromatic rings. The summed E-state index contributed by atoms with van der Waals surface area (Å²) in [4.78, 5) is 6.40. The maximum Gasteiger partial charge on any atom is 0.194 e. The summed E-state index contributed by atoms with van der Waals surface area (Å²) in [6.45, 7) is 4.34. The van der Waals surface area contributed by atoms with Crippen molar-refractivity contribution in [3.05, 3.63) is 36.2 Å². The molecule has 0 spiro atoms. The molecule has 2 aromatic heterocycles. The monoisotopic (exact) mass is 289 g/mol. The normalized spacial score (nSPS) is 11.7. The Kier molecular flexibility index (Phi) is 4.97. The Morgan fingerprint density at radius 3 is 2.90 bits per heavy atom. The lowest BCUT2D eigenvalue weighted by Gasteiger charge is -2.22. The van der Waals surface area contributed by atoms with Gasteiger partial charge in [0.05, 0.1) is 13.1 Å². The molecule has 2 rings (SSSR count). The van der Waals surface area contributed by atoms with Crippen molar-refractivity contribution in [3.63, 3.8) is 0 Å². The van der Waals surface area contributed by atoms with Gasteiger partial charge in [0.25, 0.3) is 0 Å². The van der Waals surface area contributed by atoms with Crippen molar-refractivity contribution >= 4 is 5.96 Å². The minimum absolute atomic E-state index is 0.609. The summed E-state index contributed by atoms with van der Waals surface area (Å²) in [5.74, 6) is 1.74. The third kappa shape index (κ3) is 3.62. The molecule has 0 saturated carbocycles. The summed E-state index contributed by atoms with van der Waals surface area (Å²) in [6.07, 6.45) is 3.79. The largest absolute Gasteiger partial charge is 0.353 e. The molecule has 1 N–H and O–H groups in total. The lowest BCUT2D eigenvalue weighted by atomic mass is 10.4. The Morgan fingerprint density at radius 1 is 1.48 bits per heavy atom. The highest BCUT2D eigenvalue weighted by atomic mass is 15.3. The second-order valence-electron chi connectivity index (χ2n) is 4.90. The van der Waals surface area contributed by atoms with Crippen LogP contribution in [0.25, 0.3) is 0 Å². The standard InChI is InChI=1S/C14H23N7/c1-5-21-11-17-18-13(21)9-16-14(15-2)20(4)10-12-7-6-8-19(12)3/h6-8,11H,5,9-10H2,1-4H3,(H,15,16). The van der Waals surface area contributed by atoms with Crippen LogP contribution in [0.15, 0.2) is 29.6 Å². The Morgan fingerprint density at radius 2 is 2.29 bits per heavy atom. The van der Waals surface area contributed by atoms with E-state index >= 15 is 0 Å². The Hall–Kier alpha value is -2.31. The van der Waals surface area contributed by atoms with Crippen LogP contribution in [0.1, 0.15) is 18.4 Å². The molecule has 0 bridgehead atoms. The first-order valence-corrected chi connectivity index (χ1v) is 7.04. The van der Waals surface area contributed by atoms with Gasteiger partial charge in [-0.05, 0) is 19.1 Å². The zero-order valence-electron chi connectivity index (χ0n) is 13.1. The van der Waals surface area contributed by atoms with Crippen molar-refractivity contribution in [1.82, 2.24) is 29.5 Å². The number of nitrogens with zero attached hydrogens (tertiary/aromatic N) is 6. The number of nitrogens with one attached hydrogen (secondary N) is 1. The van der Waals surface area contributed by atoms with E-state index in [2.05, 4.69) is 43.0 Å². The van der Waals surface area contributed by atoms with E-state index in [-0.39, 0.29) is 0 Å². The lowest BCUT2D eigenvalue weighted by Crippen LogP contribution is -2.38. The average Bonchev–Trinajstić information content (AvgIpc) is 3.09. The van der Waals surface area contributed by atoms with E-state index in [9.17, 15) is 0 Å². The molecule has 0 aromatic carbocycles. The number of hydrogen-bond donors (Lipinski definition) is 1. The van der Waals surface area contributed by atoms with Gasteiger partial charge in [-0.3, -0.25) is 4.99 Å². The van der Waals surface area contributed by atoms with Gasteiger partial charge < -0.3 is 19.4 Å². The zero-order valence-corrected chi connectivity index (χ0v) is 13.1. The first-order chi connectivity index (χ1) is 10.2. The Bertz CT molecular complexity index is 596. The van der Waals surface area contributed by atoms with E-state index < -0.39 is 0 Å². The summed E-state index contributed by atoms with van der Waals surface area (Å²) < 4.78 is 4.12. The summed E-state index contributed by atoms with van der Waals surface area (Å²) in [5, 5.41) is 11.4. The van der Waals surface area contributed by atoms with Gasteiger partial charge in [0.1, 0.15) is 6.33 Å². The van der Waals surface area contributed by atoms with Gasteiger partial charge in [0, 0.05) is 39.6 Å². The third-order valence-corrected chi connectivity index (χ3v) is 3.46. The van der Waals surface area contributed by atoms with Gasteiger partial charge >= 0.3 is 0 Å². The predicted molar refractivity (Wildman–Crippen MR) is 82.8 cm³/mol. The summed E-state index contributed by atoms with van der Waals surface area (Å²) in [6, 6.07) is 4.15. The third-order valence-electron chi connectivity index (χ3n) is 3.46. The van der Waals surface area contributed by atoms with Crippen LogP contribution in [0.3, 0.4) is 0 Å². The van der Waals surface area contributed by atoms with Gasteiger partial charge in [0.15, 0.2) is 11.8 Å². The van der Waals surface area contributed by atoms with Gasteiger partial charge in [-0.1, -0.05) is 0 Å². The number of aryl methyl sites for hydroxylation is 2. The second kappa shape index (κ2) is 6.92. The second-order valence-corrected chi connectivity index (χ2v) is 4.90. The van der Waals surface area contributed by atoms with Crippen molar-refractivity contribution in [2.45, 2.75) is 26.6 Å². The van der Waals surface area contributed by atoms with E-state index in [1.807, 2.05) is 30.9 Å². The molecule has 0 aliphatic rings. The summed E-state index contributed by atoms with van der Waals surface area (Å²) in [5.41, 5.74) is 1.23. The first-order valence-electron chi connectivity index (χ1n) is 7.04. The number of aromatic nitrogens is 4. The first kappa shape index (κ1) is 15.1. The van der Waals surface area contributed by atoms with E-state index in [4.69, 9.17) is 0 Å². The highest BCUT2D eigenvalue weighted by molar-refractivity contribution is 5.79. The molecular formula is C14H23N7. The molecule has 0 atom stereocenters. The molecular weight excluding hydrogens is 266 g/mol. The van der Waals surface area contributed by atoms with E-state index in [1.165, 1.54) is 5.69 Å². The van der Waals surface area contributed by atoms with Crippen molar-refractivity contribution in [2.75, 3.05) is 14.1 Å². The van der Waals surface area contributed by atoms with Crippen LogP contribution in [-0.2, 0) is 26.7 Å². The van der Waals surface area contributed by atoms with Gasteiger partial charge in [-0.2, -0.15) is 0 Å². The number of guanidine groups is 1. The minimum atomic E-state index is 0.609. The lowest BCUT2D eigenvalue weighted by molar-refractivity contribution is 0.459. The number of aliphatic imine (C=N–C) groups is 1. The molecule has 0 amide bonds. The molecule has 7 nitrogen and oxygen atoms in total. The topological polar surface area (TPSA) is 63.3 Å². The maximum absolute atomic E-state index is 4.32. The Balaban J connectivity index is 1.95. The van der Waals surface area contributed by atoms with Gasteiger partial charge in [0.2, 0.25) is 0 Å². The van der Waals surface area contributed by atoms with E-state index in [0.29, 0.717) is 6.54 Å². The van der Waals surface area contributed by atoms with Crippen LogP contribution < -0.4 is 5.32 Å². The fourth-order valence-electron chi connectivity index (χ4n) is 2.20. The predicted octanol–water partition coefficient (Wildman–Crippen LogP) is 0.844.